The van der Waals surface area contributed by atoms with Gasteiger partial charge in [0.05, 0.1) is 12.1 Å². The fraction of sp³-hybridized carbons (Fsp3) is 0.125. The molecule has 0 radical (unpaired) electrons. The monoisotopic (exact) mass is 343 g/mol. The van der Waals surface area contributed by atoms with Crippen molar-refractivity contribution < 1.29 is 4.74 Å². The number of rotatable bonds is 5. The van der Waals surface area contributed by atoms with Crippen LogP contribution in [0.2, 0.25) is 0 Å². The number of aromatic amines is 1. The number of hydrogen-bond acceptors (Lipinski definition) is 3. The zero-order valence-corrected chi connectivity index (χ0v) is 12.9. The van der Waals surface area contributed by atoms with E-state index >= 15 is 0 Å². The van der Waals surface area contributed by atoms with E-state index < -0.39 is 0 Å². The molecule has 0 aliphatic heterocycles. The van der Waals surface area contributed by atoms with E-state index in [0.29, 0.717) is 12.3 Å². The summed E-state index contributed by atoms with van der Waals surface area (Å²) < 4.78 is 6.59. The number of nitrogens with one attached hydrogen (secondary N) is 1. The molecule has 0 bridgehead atoms. The third kappa shape index (κ3) is 3.13. The van der Waals surface area contributed by atoms with Crippen molar-refractivity contribution in [2.24, 2.45) is 0 Å². The van der Waals surface area contributed by atoms with Gasteiger partial charge in [-0.3, -0.25) is 0 Å². The highest BCUT2D eigenvalue weighted by atomic mass is 79.9. The first-order valence-electron chi connectivity index (χ1n) is 6.61. The molecule has 0 atom stereocenters. The molecule has 0 spiro atoms. The number of halogens is 1. The summed E-state index contributed by atoms with van der Waals surface area (Å²) in [6.07, 6.45) is 4.40. The standard InChI is InChI=1S/C16H14BrN3O/c1-2-3-7-21-13-6-4-5-11(8-13)15-19-14-9-12(17)10-18-16(14)20-15/h2,4-6,8-10H,1,3,7H2,(H,18,19,20). The van der Waals surface area contributed by atoms with Gasteiger partial charge in [0.1, 0.15) is 11.6 Å². The summed E-state index contributed by atoms with van der Waals surface area (Å²) in [5.74, 6) is 1.61. The van der Waals surface area contributed by atoms with Gasteiger partial charge in [0.15, 0.2) is 5.65 Å². The van der Waals surface area contributed by atoms with E-state index in [1.807, 2.05) is 36.4 Å². The molecule has 0 aliphatic carbocycles. The van der Waals surface area contributed by atoms with Crippen molar-refractivity contribution in [1.29, 1.82) is 0 Å². The van der Waals surface area contributed by atoms with E-state index in [1.165, 1.54) is 0 Å². The summed E-state index contributed by atoms with van der Waals surface area (Å²) in [4.78, 5) is 12.1. The molecule has 3 rings (SSSR count). The molecule has 1 N–H and O–H groups in total. The van der Waals surface area contributed by atoms with Gasteiger partial charge in [-0.25, -0.2) is 9.97 Å². The highest BCUT2D eigenvalue weighted by Gasteiger charge is 2.07. The Morgan fingerprint density at radius 3 is 3.10 bits per heavy atom. The molecule has 4 nitrogen and oxygen atoms in total. The highest BCUT2D eigenvalue weighted by molar-refractivity contribution is 9.10. The molecular formula is C16H14BrN3O. The van der Waals surface area contributed by atoms with Gasteiger partial charge >= 0.3 is 0 Å². The Bertz CT molecular complexity index is 782. The summed E-state index contributed by atoms with van der Waals surface area (Å²) >= 11 is 3.41. The van der Waals surface area contributed by atoms with Gasteiger partial charge < -0.3 is 9.72 Å². The lowest BCUT2D eigenvalue weighted by Gasteiger charge is -2.05. The number of fused-ring (bicyclic) bond motifs is 1. The van der Waals surface area contributed by atoms with Crippen LogP contribution in [0, 0.1) is 0 Å². The molecule has 1 aromatic carbocycles. The molecule has 0 fully saturated rings. The number of hydrogen-bond donors (Lipinski definition) is 1. The average Bonchev–Trinajstić information content (AvgIpc) is 2.91. The first-order chi connectivity index (χ1) is 10.3. The third-order valence-corrected chi connectivity index (χ3v) is 3.44. The van der Waals surface area contributed by atoms with Gasteiger partial charge in [0.2, 0.25) is 0 Å². The summed E-state index contributed by atoms with van der Waals surface area (Å²) in [6, 6.07) is 9.81. The van der Waals surface area contributed by atoms with Crippen molar-refractivity contribution in [3.8, 4) is 17.1 Å². The quantitative estimate of drug-likeness (QED) is 0.553. The summed E-state index contributed by atoms with van der Waals surface area (Å²) in [6.45, 7) is 4.31. The first kappa shape index (κ1) is 13.8. The van der Waals surface area contributed by atoms with Crippen molar-refractivity contribution in [2.45, 2.75) is 6.42 Å². The highest BCUT2D eigenvalue weighted by Crippen LogP contribution is 2.24. The lowest BCUT2D eigenvalue weighted by molar-refractivity contribution is 0.325. The van der Waals surface area contributed by atoms with Crippen LogP contribution >= 0.6 is 15.9 Å². The van der Waals surface area contributed by atoms with Crippen LogP contribution in [0.4, 0.5) is 0 Å². The molecule has 5 heteroatoms. The van der Waals surface area contributed by atoms with E-state index in [0.717, 1.165) is 33.5 Å². The summed E-state index contributed by atoms with van der Waals surface area (Å²) in [7, 11) is 0. The van der Waals surface area contributed by atoms with Crippen LogP contribution in [0.5, 0.6) is 5.75 Å². The van der Waals surface area contributed by atoms with E-state index in [1.54, 1.807) is 6.20 Å². The molecule has 0 aliphatic rings. The minimum atomic E-state index is 0.627. The Kier molecular flexibility index (Phi) is 4.01. The Hall–Kier alpha value is -2.14. The number of pyridine rings is 1. The lowest BCUT2D eigenvalue weighted by Crippen LogP contribution is -1.95. The molecule has 0 unspecified atom stereocenters. The van der Waals surface area contributed by atoms with Crippen molar-refractivity contribution >= 4 is 27.1 Å². The summed E-state index contributed by atoms with van der Waals surface area (Å²) in [5.41, 5.74) is 2.57. The Balaban J connectivity index is 1.90. The maximum Gasteiger partial charge on any atom is 0.178 e. The Morgan fingerprint density at radius 2 is 2.24 bits per heavy atom. The minimum Gasteiger partial charge on any atom is -0.493 e. The van der Waals surface area contributed by atoms with Crippen molar-refractivity contribution in [3.05, 3.63) is 53.7 Å². The zero-order chi connectivity index (χ0) is 14.7. The lowest BCUT2D eigenvalue weighted by atomic mass is 10.2. The maximum atomic E-state index is 5.67. The Morgan fingerprint density at radius 1 is 1.33 bits per heavy atom. The van der Waals surface area contributed by atoms with Crippen LogP contribution in [0.1, 0.15) is 6.42 Å². The summed E-state index contributed by atoms with van der Waals surface area (Å²) in [5, 5.41) is 0. The number of ether oxygens (including phenoxy) is 1. The van der Waals surface area contributed by atoms with Crippen LogP contribution in [0.15, 0.2) is 53.7 Å². The van der Waals surface area contributed by atoms with Crippen LogP contribution < -0.4 is 4.74 Å². The molecule has 2 heterocycles. The fourth-order valence-corrected chi connectivity index (χ4v) is 2.34. The van der Waals surface area contributed by atoms with Gasteiger partial charge in [-0.1, -0.05) is 18.2 Å². The van der Waals surface area contributed by atoms with Crippen molar-refractivity contribution in [3.63, 3.8) is 0 Å². The maximum absolute atomic E-state index is 5.67. The second-order valence-electron chi connectivity index (χ2n) is 4.56. The van der Waals surface area contributed by atoms with Crippen molar-refractivity contribution in [1.82, 2.24) is 15.0 Å². The molecular weight excluding hydrogens is 330 g/mol. The van der Waals surface area contributed by atoms with Gasteiger partial charge in [-0.15, -0.1) is 6.58 Å². The number of nitrogens with zero attached hydrogens (tertiary/aromatic N) is 2. The molecule has 106 valence electrons. The SMILES string of the molecule is C=CCCOc1cccc(-c2nc3ncc(Br)cc3[nH]2)c1. The molecule has 2 aromatic heterocycles. The van der Waals surface area contributed by atoms with Crippen molar-refractivity contribution in [2.75, 3.05) is 6.61 Å². The second-order valence-corrected chi connectivity index (χ2v) is 5.48. The number of aromatic nitrogens is 3. The van der Waals surface area contributed by atoms with Gasteiger partial charge in [-0.2, -0.15) is 0 Å². The average molecular weight is 344 g/mol. The third-order valence-electron chi connectivity index (χ3n) is 3.00. The Labute approximate surface area is 131 Å². The van der Waals surface area contributed by atoms with Gasteiger partial charge in [-0.05, 0) is 40.5 Å². The molecule has 21 heavy (non-hydrogen) atoms. The van der Waals surface area contributed by atoms with Crippen LogP contribution in [-0.2, 0) is 0 Å². The topological polar surface area (TPSA) is 50.8 Å². The fourth-order valence-electron chi connectivity index (χ4n) is 2.00. The van der Waals surface area contributed by atoms with Crippen LogP contribution in [0.25, 0.3) is 22.6 Å². The number of H-pyrrole nitrogens is 1. The van der Waals surface area contributed by atoms with E-state index in [4.69, 9.17) is 4.74 Å². The molecule has 0 saturated carbocycles. The van der Waals surface area contributed by atoms with E-state index in [9.17, 15) is 0 Å². The van der Waals surface area contributed by atoms with Crippen LogP contribution in [-0.4, -0.2) is 21.6 Å². The smallest absolute Gasteiger partial charge is 0.178 e. The minimum absolute atomic E-state index is 0.627. The normalized spacial score (nSPS) is 10.7. The number of imidazole rings is 1. The predicted molar refractivity (Wildman–Crippen MR) is 87.3 cm³/mol. The van der Waals surface area contributed by atoms with Gasteiger partial charge in [0, 0.05) is 16.2 Å². The molecule has 0 amide bonds. The molecule has 0 saturated heterocycles. The van der Waals surface area contributed by atoms with E-state index in [-0.39, 0.29) is 0 Å². The van der Waals surface area contributed by atoms with E-state index in [2.05, 4.69) is 37.5 Å². The largest absolute Gasteiger partial charge is 0.493 e. The first-order valence-corrected chi connectivity index (χ1v) is 7.41. The predicted octanol–water partition coefficient (Wildman–Crippen LogP) is 4.34. The number of benzene rings is 1. The zero-order valence-electron chi connectivity index (χ0n) is 11.3. The van der Waals surface area contributed by atoms with Gasteiger partial charge in [0.25, 0.3) is 0 Å². The van der Waals surface area contributed by atoms with Crippen LogP contribution in [0.3, 0.4) is 0 Å². The second kappa shape index (κ2) is 6.10. The molecule has 3 aromatic rings.